The van der Waals surface area contributed by atoms with Crippen molar-refractivity contribution >= 4 is 207 Å². The second-order valence-electron chi connectivity index (χ2n) is 12.1. The average Bonchev–Trinajstić information content (AvgIpc) is 3.92. The van der Waals surface area contributed by atoms with Gasteiger partial charge in [0.15, 0.2) is 0 Å². The third-order valence-electron chi connectivity index (χ3n) is 9.14. The van der Waals surface area contributed by atoms with Crippen molar-refractivity contribution in [2.45, 2.75) is 13.8 Å². The van der Waals surface area contributed by atoms with Gasteiger partial charge >= 0.3 is 17.1 Å². The van der Waals surface area contributed by atoms with Crippen molar-refractivity contribution in [2.24, 2.45) is 0 Å². The second kappa shape index (κ2) is 15.0. The van der Waals surface area contributed by atoms with E-state index in [0.717, 1.165) is 0 Å². The zero-order valence-corrected chi connectivity index (χ0v) is 38.7. The van der Waals surface area contributed by atoms with Gasteiger partial charge in [-0.3, -0.25) is 0 Å². The Kier molecular flexibility index (Phi) is 11.2. The third-order valence-corrected chi connectivity index (χ3v) is 15.6. The minimum atomic E-state index is -0.0708. The monoisotopic (exact) mass is 1080 g/mol. The molecule has 0 N–H and O–H groups in total. The largest absolute Gasteiger partial charge is 2.00 e. The molecule has 2 aliphatic heterocycles. The molecule has 0 amide bonds. The van der Waals surface area contributed by atoms with Crippen LogP contribution in [-0.4, -0.2) is 29.9 Å². The second-order valence-corrected chi connectivity index (χ2v) is 17.4. The zero-order chi connectivity index (χ0) is 40.1. The molecule has 1 radical (unpaired) electrons. The maximum atomic E-state index is 6.90. The molecule has 8 bridgehead atoms. The molecule has 0 fully saturated rings. The van der Waals surface area contributed by atoms with E-state index < -0.39 is 0 Å². The van der Waals surface area contributed by atoms with Gasteiger partial charge in [0.05, 0.1) is 93.6 Å². The van der Waals surface area contributed by atoms with Gasteiger partial charge in [-0.05, 0) is 25.0 Å². The van der Waals surface area contributed by atoms with Crippen LogP contribution in [0.15, 0.2) is 0 Å². The molecule has 0 saturated carbocycles. The number of hydrogen-bond donors (Lipinski definition) is 0. The van der Waals surface area contributed by atoms with Crippen molar-refractivity contribution in [3.8, 4) is 45.6 Å². The predicted octanol–water partition coefficient (Wildman–Crippen LogP) is 15.9. The molecule has 7 aromatic rings. The van der Waals surface area contributed by atoms with Crippen LogP contribution < -0.4 is 9.97 Å². The summed E-state index contributed by atoms with van der Waals surface area (Å²) >= 11 is 94.2. The Bertz CT molecular complexity index is 2820. The van der Waals surface area contributed by atoms with E-state index in [-0.39, 0.29) is 166 Å². The SMILES string of the molecule is Cc1c(Cl)c(Cl)c(Cl)c2c1-c1nc-2nc2[n-]c(nc3nc(nc4[n-]c(n1)c1c(Cl)c(Cl)c(Cl)c(Cl)c41)-c1c(Cl)c(Cl)c(Cl)c(Cl)c1-3)c1c(C)c(Cl)c(Cl)c(Cl)c21.[Cu+2]. The summed E-state index contributed by atoms with van der Waals surface area (Å²) in [4.78, 5) is 38.4. The topological polar surface area (TPSA) is 106 Å². The fourth-order valence-electron chi connectivity index (χ4n) is 6.53. The van der Waals surface area contributed by atoms with Crippen molar-refractivity contribution in [1.29, 1.82) is 0 Å². The Balaban J connectivity index is 0.00000455. The zero-order valence-electron chi connectivity index (χ0n) is 27.2. The molecule has 9 rings (SSSR count). The van der Waals surface area contributed by atoms with Crippen LogP contribution in [0.2, 0.25) is 70.3 Å². The van der Waals surface area contributed by atoms with E-state index in [1.54, 1.807) is 13.8 Å². The molecule has 0 saturated heterocycles. The van der Waals surface area contributed by atoms with E-state index in [1.807, 2.05) is 0 Å². The van der Waals surface area contributed by atoms with Gasteiger partial charge in [0.25, 0.3) is 0 Å². The van der Waals surface area contributed by atoms with Gasteiger partial charge in [-0.2, -0.15) is 0 Å². The maximum absolute atomic E-state index is 6.90. The standard InChI is InChI=1S/C34H6Cl14N8.Cu/c1-3-5-7(15(37)21(43)13(3)35)29-49-27(5)51-31-9-11(19(41)25(47)23(45)17(9)39)33(54-31)56-34-12-10(18(40)24(46)26(48)20(12)42)32(55-34)52-28-6-4(2)14(36)22(44)16(38)8(6)30(50-28)53-29;/h1-2H3;/q-2;+2. The molecule has 23 heteroatoms. The predicted molar refractivity (Wildman–Crippen MR) is 234 cm³/mol. The molecule has 0 spiro atoms. The van der Waals surface area contributed by atoms with Crippen LogP contribution in [-0.2, 0) is 17.1 Å². The van der Waals surface area contributed by atoms with Gasteiger partial charge in [-0.25, -0.2) is 9.97 Å². The molecule has 291 valence electrons. The summed E-state index contributed by atoms with van der Waals surface area (Å²) in [5.41, 5.74) is 1.88. The van der Waals surface area contributed by atoms with E-state index in [0.29, 0.717) is 22.1 Å². The summed E-state index contributed by atoms with van der Waals surface area (Å²) < 4.78 is 0. The minimum Gasteiger partial charge on any atom is -0.357 e. The first-order valence-electron chi connectivity index (χ1n) is 15.2. The van der Waals surface area contributed by atoms with Gasteiger partial charge in [0.1, 0.15) is 0 Å². The van der Waals surface area contributed by atoms with Gasteiger partial charge in [0, 0.05) is 66.4 Å². The van der Waals surface area contributed by atoms with Crippen LogP contribution in [0.1, 0.15) is 11.1 Å². The molecule has 0 aliphatic carbocycles. The minimum absolute atomic E-state index is 0. The van der Waals surface area contributed by atoms with E-state index in [9.17, 15) is 0 Å². The van der Waals surface area contributed by atoms with Crippen LogP contribution in [0.25, 0.3) is 89.7 Å². The number of nitrogens with zero attached hydrogens (tertiary/aromatic N) is 8. The Hall–Kier alpha value is -1.18. The summed E-state index contributed by atoms with van der Waals surface area (Å²) in [6.45, 7) is 3.42. The van der Waals surface area contributed by atoms with Gasteiger partial charge in [-0.1, -0.05) is 162 Å². The number of hydrogen-bond acceptors (Lipinski definition) is 6. The first-order valence-corrected chi connectivity index (χ1v) is 20.5. The summed E-state index contributed by atoms with van der Waals surface area (Å²) in [5, 5.41) is 0.987. The Morgan fingerprint density at radius 1 is 0.281 bits per heavy atom. The van der Waals surface area contributed by atoms with Crippen molar-refractivity contribution in [3.63, 3.8) is 0 Å². The summed E-state index contributed by atoms with van der Waals surface area (Å²) in [6, 6.07) is 0. The average molecular weight is 1090 g/mol. The number of aryl methyl sites for hydroxylation is 1. The first kappa shape index (κ1) is 42.5. The normalized spacial score (nSPS) is 12.1. The molecule has 0 unspecified atom stereocenters. The van der Waals surface area contributed by atoms with E-state index in [2.05, 4.69) is 0 Å². The maximum Gasteiger partial charge on any atom is 2.00 e. The van der Waals surface area contributed by atoms with Crippen molar-refractivity contribution in [1.82, 2.24) is 39.9 Å². The van der Waals surface area contributed by atoms with E-state index in [1.165, 1.54) is 0 Å². The Labute approximate surface area is 400 Å². The van der Waals surface area contributed by atoms with Gasteiger partial charge in [0.2, 0.25) is 0 Å². The molecule has 8 nitrogen and oxygen atoms in total. The molecular formula is C34H6Cl14CuN8. The van der Waals surface area contributed by atoms with Crippen molar-refractivity contribution in [3.05, 3.63) is 81.4 Å². The van der Waals surface area contributed by atoms with Crippen LogP contribution in [0.5, 0.6) is 0 Å². The number of fused-ring (bicyclic) bond motifs is 20. The first-order chi connectivity index (χ1) is 26.4. The van der Waals surface area contributed by atoms with Crippen molar-refractivity contribution < 1.29 is 17.1 Å². The summed E-state index contributed by atoms with van der Waals surface area (Å²) in [5.74, 6) is -0.0216. The molecule has 5 heterocycles. The number of halogens is 14. The summed E-state index contributed by atoms with van der Waals surface area (Å²) in [7, 11) is 0. The van der Waals surface area contributed by atoms with Crippen LogP contribution in [0.3, 0.4) is 0 Å². The Morgan fingerprint density at radius 3 is 0.947 bits per heavy atom. The fourth-order valence-corrected chi connectivity index (χ4v) is 10.1. The molecule has 4 aromatic carbocycles. The Morgan fingerprint density at radius 2 is 0.544 bits per heavy atom. The van der Waals surface area contributed by atoms with E-state index in [4.69, 9.17) is 202 Å². The molecule has 0 atom stereocenters. The quantitative estimate of drug-likeness (QED) is 0.0840. The third kappa shape index (κ3) is 6.06. The van der Waals surface area contributed by atoms with Crippen LogP contribution >= 0.6 is 162 Å². The molecular weight excluding hydrogens is 1080 g/mol. The number of rotatable bonds is 0. The number of aromatic nitrogens is 8. The van der Waals surface area contributed by atoms with Gasteiger partial charge < -0.3 is 29.9 Å². The number of benzene rings is 4. The van der Waals surface area contributed by atoms with E-state index >= 15 is 0 Å². The molecule has 3 aromatic heterocycles. The van der Waals surface area contributed by atoms with Crippen LogP contribution in [0, 0.1) is 13.8 Å². The van der Waals surface area contributed by atoms with Gasteiger partial charge in [-0.15, -0.1) is 0 Å². The smallest absolute Gasteiger partial charge is 0.357 e. The molecule has 57 heavy (non-hydrogen) atoms. The van der Waals surface area contributed by atoms with Crippen molar-refractivity contribution in [2.75, 3.05) is 0 Å². The van der Waals surface area contributed by atoms with Crippen LogP contribution in [0.4, 0.5) is 0 Å². The molecule has 2 aliphatic rings. The fraction of sp³-hybridized carbons (Fsp3) is 0.0588. The summed E-state index contributed by atoms with van der Waals surface area (Å²) in [6.07, 6.45) is 0.